The first-order valence-electron chi connectivity index (χ1n) is 5.39. The van der Waals surface area contributed by atoms with E-state index in [-0.39, 0.29) is 0 Å². The molecule has 0 bridgehead atoms. The van der Waals surface area contributed by atoms with E-state index in [0.717, 1.165) is 10.2 Å². The Bertz CT molecular complexity index is 525. The first kappa shape index (κ1) is 12.0. The van der Waals surface area contributed by atoms with Gasteiger partial charge in [0.1, 0.15) is 12.4 Å². The summed E-state index contributed by atoms with van der Waals surface area (Å²) in [6, 6.07) is 13.7. The molecule has 0 atom stereocenters. The van der Waals surface area contributed by atoms with Crippen LogP contribution in [-0.4, -0.2) is 0 Å². The van der Waals surface area contributed by atoms with Crippen molar-refractivity contribution in [2.75, 3.05) is 5.73 Å². The highest BCUT2D eigenvalue weighted by Crippen LogP contribution is 2.28. The second-order valence-electron chi connectivity index (χ2n) is 3.91. The van der Waals surface area contributed by atoms with Crippen molar-refractivity contribution in [3.63, 3.8) is 0 Å². The Balaban J connectivity index is 2.12. The van der Waals surface area contributed by atoms with Gasteiger partial charge in [-0.15, -0.1) is 0 Å². The van der Waals surface area contributed by atoms with Crippen LogP contribution in [-0.2, 0) is 6.61 Å². The third-order valence-electron chi connectivity index (χ3n) is 2.60. The molecule has 17 heavy (non-hydrogen) atoms. The van der Waals surface area contributed by atoms with Gasteiger partial charge in [-0.25, -0.2) is 0 Å². The molecule has 2 rings (SSSR count). The van der Waals surface area contributed by atoms with Gasteiger partial charge < -0.3 is 10.5 Å². The van der Waals surface area contributed by atoms with Gasteiger partial charge in [-0.1, -0.05) is 24.3 Å². The zero-order chi connectivity index (χ0) is 12.3. The molecule has 0 aliphatic rings. The monoisotopic (exact) mass is 291 g/mol. The molecular weight excluding hydrogens is 278 g/mol. The van der Waals surface area contributed by atoms with Crippen LogP contribution in [0, 0.1) is 6.92 Å². The second-order valence-corrected chi connectivity index (χ2v) is 4.76. The van der Waals surface area contributed by atoms with Gasteiger partial charge in [-0.2, -0.15) is 0 Å². The normalized spacial score (nSPS) is 10.2. The van der Waals surface area contributed by atoms with Crippen LogP contribution in [0.4, 0.5) is 5.69 Å². The molecule has 0 saturated heterocycles. The maximum absolute atomic E-state index is 5.76. The maximum Gasteiger partial charge on any atom is 0.136 e. The fraction of sp³-hybridized carbons (Fsp3) is 0.143. The number of anilines is 1. The fourth-order valence-corrected chi connectivity index (χ4v) is 1.92. The predicted octanol–water partition coefficient (Wildman–Crippen LogP) is 3.92. The molecule has 0 aliphatic carbocycles. The molecule has 2 nitrogen and oxygen atoms in total. The van der Waals surface area contributed by atoms with Gasteiger partial charge in [0, 0.05) is 11.8 Å². The summed E-state index contributed by atoms with van der Waals surface area (Å²) in [7, 11) is 0. The van der Waals surface area contributed by atoms with E-state index in [0.29, 0.717) is 12.3 Å². The number of aryl methyl sites for hydroxylation is 1. The zero-order valence-electron chi connectivity index (χ0n) is 9.61. The zero-order valence-corrected chi connectivity index (χ0v) is 11.2. The molecule has 2 aromatic rings. The molecule has 0 radical (unpaired) electrons. The Kier molecular flexibility index (Phi) is 3.69. The molecule has 0 aromatic heterocycles. The molecule has 2 aromatic carbocycles. The van der Waals surface area contributed by atoms with Gasteiger partial charge in [0.05, 0.1) is 4.47 Å². The van der Waals surface area contributed by atoms with Crippen LogP contribution >= 0.6 is 15.9 Å². The van der Waals surface area contributed by atoms with Gasteiger partial charge in [-0.3, -0.25) is 0 Å². The molecule has 0 amide bonds. The minimum Gasteiger partial charge on any atom is -0.488 e. The Morgan fingerprint density at radius 1 is 1.18 bits per heavy atom. The number of ether oxygens (including phenoxy) is 1. The molecular formula is C14H14BrNO. The summed E-state index contributed by atoms with van der Waals surface area (Å²) in [4.78, 5) is 0. The highest BCUT2D eigenvalue weighted by atomic mass is 79.9. The fourth-order valence-electron chi connectivity index (χ4n) is 1.56. The van der Waals surface area contributed by atoms with Gasteiger partial charge >= 0.3 is 0 Å². The minimum absolute atomic E-state index is 0.550. The molecule has 2 N–H and O–H groups in total. The Morgan fingerprint density at radius 2 is 1.94 bits per heavy atom. The van der Waals surface area contributed by atoms with Gasteiger partial charge in [0.15, 0.2) is 0 Å². The van der Waals surface area contributed by atoms with Crippen LogP contribution in [0.3, 0.4) is 0 Å². The van der Waals surface area contributed by atoms with Crippen molar-refractivity contribution in [3.05, 3.63) is 58.1 Å². The Hall–Kier alpha value is -1.48. The van der Waals surface area contributed by atoms with Crippen LogP contribution in [0.25, 0.3) is 0 Å². The highest BCUT2D eigenvalue weighted by Gasteiger charge is 2.03. The smallest absolute Gasteiger partial charge is 0.136 e. The van der Waals surface area contributed by atoms with Crippen molar-refractivity contribution in [2.24, 2.45) is 0 Å². The molecule has 0 unspecified atom stereocenters. The summed E-state index contributed by atoms with van der Waals surface area (Å²) in [5, 5.41) is 0. The topological polar surface area (TPSA) is 35.2 Å². The van der Waals surface area contributed by atoms with Crippen LogP contribution < -0.4 is 10.5 Å². The van der Waals surface area contributed by atoms with E-state index >= 15 is 0 Å². The van der Waals surface area contributed by atoms with E-state index in [9.17, 15) is 0 Å². The number of nitrogen functional groups attached to an aromatic ring is 1. The molecule has 0 heterocycles. The number of halogens is 1. The van der Waals surface area contributed by atoms with E-state index in [1.807, 2.05) is 30.3 Å². The van der Waals surface area contributed by atoms with Gasteiger partial charge in [0.2, 0.25) is 0 Å². The highest BCUT2D eigenvalue weighted by molar-refractivity contribution is 9.10. The number of benzene rings is 2. The molecule has 0 spiro atoms. The van der Waals surface area contributed by atoms with Gasteiger partial charge in [0.25, 0.3) is 0 Å². The van der Waals surface area contributed by atoms with E-state index in [1.54, 1.807) is 0 Å². The van der Waals surface area contributed by atoms with Crippen molar-refractivity contribution in [2.45, 2.75) is 13.5 Å². The Morgan fingerprint density at radius 3 is 2.71 bits per heavy atom. The number of hydrogen-bond donors (Lipinski definition) is 1. The van der Waals surface area contributed by atoms with Crippen molar-refractivity contribution in [1.29, 1.82) is 0 Å². The van der Waals surface area contributed by atoms with Crippen LogP contribution in [0.5, 0.6) is 5.75 Å². The van der Waals surface area contributed by atoms with Crippen molar-refractivity contribution >= 4 is 21.6 Å². The second kappa shape index (κ2) is 5.23. The third-order valence-corrected chi connectivity index (χ3v) is 3.25. The minimum atomic E-state index is 0.550. The average Bonchev–Trinajstić information content (AvgIpc) is 2.32. The maximum atomic E-state index is 5.76. The lowest BCUT2D eigenvalue weighted by Crippen LogP contribution is -1.98. The van der Waals surface area contributed by atoms with E-state index in [4.69, 9.17) is 10.5 Å². The number of rotatable bonds is 3. The summed E-state index contributed by atoms with van der Waals surface area (Å²) in [5.41, 5.74) is 8.84. The summed E-state index contributed by atoms with van der Waals surface area (Å²) in [6.07, 6.45) is 0. The van der Waals surface area contributed by atoms with Crippen molar-refractivity contribution < 1.29 is 4.74 Å². The molecule has 0 aliphatic heterocycles. The molecule has 0 saturated carbocycles. The lowest BCUT2D eigenvalue weighted by Gasteiger charge is -2.10. The summed E-state index contributed by atoms with van der Waals surface area (Å²) in [6.45, 7) is 2.63. The average molecular weight is 292 g/mol. The number of nitrogens with two attached hydrogens (primary N) is 1. The van der Waals surface area contributed by atoms with Crippen LogP contribution in [0.2, 0.25) is 0 Å². The third kappa shape index (κ3) is 3.01. The Labute approximate surface area is 110 Å². The van der Waals surface area contributed by atoms with Crippen molar-refractivity contribution in [1.82, 2.24) is 0 Å². The SMILES string of the molecule is Cc1ccccc1COc1cc(N)ccc1Br. The largest absolute Gasteiger partial charge is 0.488 e. The van der Waals surface area contributed by atoms with Crippen LogP contribution in [0.15, 0.2) is 46.9 Å². The lowest BCUT2D eigenvalue weighted by atomic mass is 10.1. The standard InChI is InChI=1S/C14H14BrNO/c1-10-4-2-3-5-11(10)9-17-14-8-12(16)6-7-13(14)15/h2-8H,9,16H2,1H3. The van der Waals surface area contributed by atoms with E-state index in [1.165, 1.54) is 11.1 Å². The lowest BCUT2D eigenvalue weighted by molar-refractivity contribution is 0.303. The summed E-state index contributed by atoms with van der Waals surface area (Å²) < 4.78 is 6.67. The predicted molar refractivity (Wildman–Crippen MR) is 74.1 cm³/mol. The first-order chi connectivity index (χ1) is 8.16. The first-order valence-corrected chi connectivity index (χ1v) is 6.18. The van der Waals surface area contributed by atoms with Gasteiger partial charge in [-0.05, 0) is 46.1 Å². The van der Waals surface area contributed by atoms with E-state index < -0.39 is 0 Å². The van der Waals surface area contributed by atoms with Crippen molar-refractivity contribution in [3.8, 4) is 5.75 Å². The molecule has 88 valence electrons. The van der Waals surface area contributed by atoms with Crippen LogP contribution in [0.1, 0.15) is 11.1 Å². The quantitative estimate of drug-likeness (QED) is 0.870. The molecule has 0 fully saturated rings. The molecule has 3 heteroatoms. The summed E-state index contributed by atoms with van der Waals surface area (Å²) >= 11 is 3.44. The van der Waals surface area contributed by atoms with E-state index in [2.05, 4.69) is 35.0 Å². The number of hydrogen-bond acceptors (Lipinski definition) is 2. The summed E-state index contributed by atoms with van der Waals surface area (Å²) in [5.74, 6) is 0.772.